The molecule has 0 bridgehead atoms. The van der Waals surface area contributed by atoms with E-state index in [9.17, 15) is 0 Å². The van der Waals surface area contributed by atoms with Gasteiger partial charge in [-0.1, -0.05) is 6.92 Å². The molecule has 1 saturated heterocycles. The zero-order valence-electron chi connectivity index (χ0n) is 9.72. The predicted molar refractivity (Wildman–Crippen MR) is 64.5 cm³/mol. The van der Waals surface area contributed by atoms with E-state index in [1.54, 1.807) is 0 Å². The smallest absolute Gasteiger partial charge is 0.128 e. The van der Waals surface area contributed by atoms with Crippen molar-refractivity contribution in [3.8, 4) is 0 Å². The quantitative estimate of drug-likeness (QED) is 0.836. The summed E-state index contributed by atoms with van der Waals surface area (Å²) in [6, 6.07) is 4.21. The molecule has 1 aromatic heterocycles. The minimum absolute atomic E-state index is 0.114. The van der Waals surface area contributed by atoms with Crippen LogP contribution in [0.25, 0.3) is 0 Å². The van der Waals surface area contributed by atoms with Crippen LogP contribution in [0.1, 0.15) is 24.9 Å². The first-order chi connectivity index (χ1) is 7.81. The molecule has 0 spiro atoms. The molecule has 0 aromatic carbocycles. The van der Waals surface area contributed by atoms with Crippen LogP contribution in [0.2, 0.25) is 0 Å². The Bertz CT molecular complexity index is 337. The van der Waals surface area contributed by atoms with Crippen LogP contribution in [0.3, 0.4) is 0 Å². The number of nitrogens with two attached hydrogens (primary N) is 1. The highest BCUT2D eigenvalue weighted by Crippen LogP contribution is 2.19. The highest BCUT2D eigenvalue weighted by molar-refractivity contribution is 5.42. The van der Waals surface area contributed by atoms with Crippen LogP contribution in [0.5, 0.6) is 0 Å². The Balaban J connectivity index is 2.14. The number of pyridine rings is 1. The van der Waals surface area contributed by atoms with Gasteiger partial charge in [-0.05, 0) is 24.1 Å². The predicted octanol–water partition coefficient (Wildman–Crippen LogP) is 1.33. The van der Waals surface area contributed by atoms with E-state index >= 15 is 0 Å². The lowest BCUT2D eigenvalue weighted by Crippen LogP contribution is -2.36. The van der Waals surface area contributed by atoms with Crippen LogP contribution in [-0.2, 0) is 4.74 Å². The maximum atomic E-state index is 6.02. The summed E-state index contributed by atoms with van der Waals surface area (Å²) in [6.07, 6.45) is 2.79. The third kappa shape index (κ3) is 2.51. The van der Waals surface area contributed by atoms with Gasteiger partial charge in [-0.25, -0.2) is 4.98 Å². The van der Waals surface area contributed by atoms with E-state index in [1.807, 2.05) is 12.3 Å². The monoisotopic (exact) mass is 221 g/mol. The van der Waals surface area contributed by atoms with Crippen molar-refractivity contribution < 1.29 is 4.74 Å². The third-order valence-electron chi connectivity index (χ3n) is 2.97. The molecule has 1 aliphatic heterocycles. The van der Waals surface area contributed by atoms with Crippen LogP contribution in [0, 0.1) is 0 Å². The van der Waals surface area contributed by atoms with Crippen molar-refractivity contribution in [2.75, 3.05) is 31.2 Å². The van der Waals surface area contributed by atoms with Crippen molar-refractivity contribution in [3.63, 3.8) is 0 Å². The van der Waals surface area contributed by atoms with Gasteiger partial charge in [0.15, 0.2) is 0 Å². The molecule has 0 unspecified atom stereocenters. The molecule has 1 fully saturated rings. The fourth-order valence-corrected chi connectivity index (χ4v) is 1.87. The van der Waals surface area contributed by atoms with Crippen molar-refractivity contribution in [1.82, 2.24) is 4.98 Å². The van der Waals surface area contributed by atoms with Gasteiger partial charge < -0.3 is 15.4 Å². The number of anilines is 1. The van der Waals surface area contributed by atoms with Gasteiger partial charge in [0.2, 0.25) is 0 Å². The second-order valence-corrected chi connectivity index (χ2v) is 4.06. The zero-order chi connectivity index (χ0) is 11.4. The van der Waals surface area contributed by atoms with Crippen LogP contribution in [0.15, 0.2) is 18.3 Å². The molecule has 1 atom stereocenters. The van der Waals surface area contributed by atoms with E-state index < -0.39 is 0 Å². The average molecular weight is 221 g/mol. The molecule has 1 aromatic rings. The normalized spacial score (nSPS) is 18.5. The molecular weight excluding hydrogens is 202 g/mol. The van der Waals surface area contributed by atoms with Gasteiger partial charge in [0, 0.05) is 25.3 Å². The Morgan fingerprint density at radius 1 is 1.50 bits per heavy atom. The topological polar surface area (TPSA) is 51.4 Å². The second-order valence-electron chi connectivity index (χ2n) is 4.06. The summed E-state index contributed by atoms with van der Waals surface area (Å²) in [5, 5.41) is 0. The minimum atomic E-state index is 0.114. The maximum Gasteiger partial charge on any atom is 0.128 e. The Hall–Kier alpha value is -1.13. The number of hydrogen-bond donors (Lipinski definition) is 1. The molecule has 4 heteroatoms. The van der Waals surface area contributed by atoms with Gasteiger partial charge in [-0.3, -0.25) is 0 Å². The number of rotatable bonds is 3. The summed E-state index contributed by atoms with van der Waals surface area (Å²) in [5.41, 5.74) is 7.19. The fourth-order valence-electron chi connectivity index (χ4n) is 1.87. The van der Waals surface area contributed by atoms with E-state index in [0.29, 0.717) is 0 Å². The molecule has 2 rings (SSSR count). The summed E-state index contributed by atoms with van der Waals surface area (Å²) in [6.45, 7) is 5.49. The van der Waals surface area contributed by atoms with E-state index in [0.717, 1.165) is 38.5 Å². The lowest BCUT2D eigenvalue weighted by molar-refractivity contribution is 0.122. The van der Waals surface area contributed by atoms with Crippen molar-refractivity contribution >= 4 is 5.82 Å². The molecular formula is C12H19N3O. The summed E-state index contributed by atoms with van der Waals surface area (Å²) in [7, 11) is 0. The molecule has 2 heterocycles. The Morgan fingerprint density at radius 2 is 2.25 bits per heavy atom. The zero-order valence-corrected chi connectivity index (χ0v) is 9.72. The van der Waals surface area contributed by atoms with Gasteiger partial charge in [-0.2, -0.15) is 0 Å². The molecule has 0 radical (unpaired) electrons. The number of aromatic nitrogens is 1. The Kier molecular flexibility index (Phi) is 3.74. The summed E-state index contributed by atoms with van der Waals surface area (Å²) in [5.74, 6) is 1.02. The van der Waals surface area contributed by atoms with Crippen LogP contribution < -0.4 is 10.6 Å². The van der Waals surface area contributed by atoms with Gasteiger partial charge in [-0.15, -0.1) is 0 Å². The molecule has 0 aliphatic carbocycles. The maximum absolute atomic E-state index is 6.02. The number of nitrogens with zero attached hydrogens (tertiary/aromatic N) is 2. The van der Waals surface area contributed by atoms with Gasteiger partial charge >= 0.3 is 0 Å². The van der Waals surface area contributed by atoms with Crippen molar-refractivity contribution in [1.29, 1.82) is 0 Å². The molecule has 1 aliphatic rings. The largest absolute Gasteiger partial charge is 0.378 e. The third-order valence-corrected chi connectivity index (χ3v) is 2.97. The lowest BCUT2D eigenvalue weighted by Gasteiger charge is -2.28. The highest BCUT2D eigenvalue weighted by atomic mass is 16.5. The molecule has 16 heavy (non-hydrogen) atoms. The van der Waals surface area contributed by atoms with Crippen LogP contribution in [0.4, 0.5) is 5.82 Å². The van der Waals surface area contributed by atoms with Crippen LogP contribution >= 0.6 is 0 Å². The summed E-state index contributed by atoms with van der Waals surface area (Å²) >= 11 is 0. The highest BCUT2D eigenvalue weighted by Gasteiger charge is 2.13. The second kappa shape index (κ2) is 5.27. The first kappa shape index (κ1) is 11.4. The molecule has 88 valence electrons. The molecule has 0 saturated carbocycles. The molecule has 0 amide bonds. The summed E-state index contributed by atoms with van der Waals surface area (Å²) < 4.78 is 5.33. The Labute approximate surface area is 96.4 Å². The standard InChI is InChI=1S/C12H19N3O/c1-2-11(13)10-3-4-14-12(9-10)15-5-7-16-8-6-15/h3-4,9,11H,2,5-8,13H2,1H3/t11-/m0/s1. The average Bonchev–Trinajstić information content (AvgIpc) is 2.39. The van der Waals surface area contributed by atoms with Gasteiger partial charge in [0.25, 0.3) is 0 Å². The van der Waals surface area contributed by atoms with E-state index in [4.69, 9.17) is 10.5 Å². The van der Waals surface area contributed by atoms with Gasteiger partial charge in [0.1, 0.15) is 5.82 Å². The number of hydrogen-bond acceptors (Lipinski definition) is 4. The van der Waals surface area contributed by atoms with Crippen LogP contribution in [-0.4, -0.2) is 31.3 Å². The van der Waals surface area contributed by atoms with Crippen molar-refractivity contribution in [3.05, 3.63) is 23.9 Å². The first-order valence-corrected chi connectivity index (χ1v) is 5.85. The fraction of sp³-hybridized carbons (Fsp3) is 0.583. The number of morpholine rings is 1. The van der Waals surface area contributed by atoms with Crippen molar-refractivity contribution in [2.24, 2.45) is 5.73 Å². The molecule has 4 nitrogen and oxygen atoms in total. The SMILES string of the molecule is CC[C@H](N)c1ccnc(N2CCOCC2)c1. The van der Waals surface area contributed by atoms with E-state index in [2.05, 4.69) is 22.9 Å². The number of ether oxygens (including phenoxy) is 1. The van der Waals surface area contributed by atoms with Gasteiger partial charge in [0.05, 0.1) is 13.2 Å². The Morgan fingerprint density at radius 3 is 2.94 bits per heavy atom. The molecule has 2 N–H and O–H groups in total. The first-order valence-electron chi connectivity index (χ1n) is 5.85. The minimum Gasteiger partial charge on any atom is -0.378 e. The summed E-state index contributed by atoms with van der Waals surface area (Å²) in [4.78, 5) is 6.64. The lowest BCUT2D eigenvalue weighted by atomic mass is 10.1. The van der Waals surface area contributed by atoms with Crippen molar-refractivity contribution in [2.45, 2.75) is 19.4 Å². The van der Waals surface area contributed by atoms with E-state index in [-0.39, 0.29) is 6.04 Å². The van der Waals surface area contributed by atoms with E-state index in [1.165, 1.54) is 5.56 Å².